The number of ether oxygens (including phenoxy) is 2. The molecule has 2 aliphatic heterocycles. The maximum absolute atomic E-state index is 14.8. The van der Waals surface area contributed by atoms with Crippen molar-refractivity contribution in [1.82, 2.24) is 24.6 Å². The van der Waals surface area contributed by atoms with Gasteiger partial charge in [0, 0.05) is 36.3 Å². The van der Waals surface area contributed by atoms with E-state index in [0.717, 1.165) is 66.0 Å². The summed E-state index contributed by atoms with van der Waals surface area (Å²) in [4.78, 5) is 7.43. The van der Waals surface area contributed by atoms with Crippen LogP contribution in [0.2, 0.25) is 5.02 Å². The molecule has 0 saturated carbocycles. The Morgan fingerprint density at radius 3 is 2.70 bits per heavy atom. The second-order valence-corrected chi connectivity index (χ2v) is 11.2. The Morgan fingerprint density at radius 2 is 1.93 bits per heavy atom. The number of hydrogen-bond acceptors (Lipinski definition) is 5. The van der Waals surface area contributed by atoms with E-state index in [4.69, 9.17) is 26.1 Å². The molecule has 204 valence electrons. The maximum Gasteiger partial charge on any atom is 0.278 e. The molecule has 5 aromatic rings. The van der Waals surface area contributed by atoms with Crippen LogP contribution in [0.1, 0.15) is 42.6 Å². The average molecular weight is 558 g/mol. The number of rotatable bonds is 5. The third-order valence-corrected chi connectivity index (χ3v) is 8.46. The first-order chi connectivity index (χ1) is 19.4. The van der Waals surface area contributed by atoms with Gasteiger partial charge in [0.2, 0.25) is 0 Å². The molecule has 2 aromatic heterocycles. The summed E-state index contributed by atoms with van der Waals surface area (Å²) in [5.74, 6) is 1.04. The average Bonchev–Trinajstić information content (AvgIpc) is 3.67. The lowest BCUT2D eigenvalue weighted by Gasteiger charge is -2.32. The van der Waals surface area contributed by atoms with Gasteiger partial charge in [-0.05, 0) is 73.8 Å². The number of aromatic nitrogens is 4. The molecule has 7 rings (SSSR count). The van der Waals surface area contributed by atoms with E-state index in [1.807, 2.05) is 24.5 Å². The summed E-state index contributed by atoms with van der Waals surface area (Å²) in [5, 5.41) is 7.27. The maximum atomic E-state index is 14.8. The largest absolute Gasteiger partial charge is 0.444 e. The van der Waals surface area contributed by atoms with Gasteiger partial charge in [0.1, 0.15) is 11.6 Å². The standard InChI is InChI=1S/C31H29ClFN5O2/c1-31(24-8-7-22(32)15-25(24)33)39-28-5-3-4-23(30(28)40-31)19-10-12-38(13-11-19)18-29-36-26-14-20(21-16-34-35-17-21)6-9-27(26)37(29)2/h3-9,14-17,19H,10-13,18H2,1-2H3,(H,34,35). The smallest absolute Gasteiger partial charge is 0.278 e. The van der Waals surface area contributed by atoms with Crippen molar-refractivity contribution >= 4 is 22.6 Å². The van der Waals surface area contributed by atoms with E-state index >= 15 is 0 Å². The van der Waals surface area contributed by atoms with Crippen LogP contribution >= 0.6 is 11.6 Å². The second-order valence-electron chi connectivity index (χ2n) is 10.8. The van der Waals surface area contributed by atoms with E-state index in [-0.39, 0.29) is 0 Å². The number of likely N-dealkylation sites (tertiary alicyclic amines) is 1. The Balaban J connectivity index is 1.06. The third-order valence-electron chi connectivity index (χ3n) is 8.23. The first kappa shape index (κ1) is 25.1. The lowest BCUT2D eigenvalue weighted by molar-refractivity contribution is -0.0712. The molecule has 9 heteroatoms. The summed E-state index contributed by atoms with van der Waals surface area (Å²) in [6.45, 7) is 4.43. The Bertz CT molecular complexity index is 1710. The van der Waals surface area contributed by atoms with Gasteiger partial charge in [-0.15, -0.1) is 0 Å². The fraction of sp³-hybridized carbons (Fsp3) is 0.290. The van der Waals surface area contributed by atoms with E-state index in [0.29, 0.717) is 28.0 Å². The summed E-state index contributed by atoms with van der Waals surface area (Å²) < 4.78 is 29.5. The first-order valence-corrected chi connectivity index (χ1v) is 13.9. The molecule has 0 bridgehead atoms. The molecule has 7 nitrogen and oxygen atoms in total. The van der Waals surface area contributed by atoms with E-state index in [1.54, 1.807) is 19.1 Å². The Morgan fingerprint density at radius 1 is 1.07 bits per heavy atom. The zero-order valence-corrected chi connectivity index (χ0v) is 23.1. The summed E-state index contributed by atoms with van der Waals surface area (Å²) in [6.07, 6.45) is 5.69. The highest BCUT2D eigenvalue weighted by atomic mass is 35.5. The number of fused-ring (bicyclic) bond motifs is 2. The minimum atomic E-state index is -1.24. The van der Waals surface area contributed by atoms with Gasteiger partial charge in [0.05, 0.1) is 29.3 Å². The van der Waals surface area contributed by atoms with Crippen molar-refractivity contribution in [1.29, 1.82) is 0 Å². The number of H-pyrrole nitrogens is 1. The minimum absolute atomic E-state index is 0.324. The van der Waals surface area contributed by atoms with Crippen molar-refractivity contribution in [2.24, 2.45) is 7.05 Å². The lowest BCUT2D eigenvalue weighted by atomic mass is 9.88. The molecule has 1 unspecified atom stereocenters. The number of aryl methyl sites for hydroxylation is 1. The van der Waals surface area contributed by atoms with E-state index in [1.165, 1.54) is 6.07 Å². The van der Waals surface area contributed by atoms with E-state index in [9.17, 15) is 4.39 Å². The highest BCUT2D eigenvalue weighted by Gasteiger charge is 2.43. The summed E-state index contributed by atoms with van der Waals surface area (Å²) >= 11 is 5.97. The van der Waals surface area contributed by atoms with Crippen LogP contribution in [0.5, 0.6) is 11.5 Å². The molecular weight excluding hydrogens is 529 g/mol. The molecule has 3 aromatic carbocycles. The number of para-hydroxylation sites is 1. The molecule has 1 N–H and O–H groups in total. The van der Waals surface area contributed by atoms with E-state index in [2.05, 4.69) is 51.0 Å². The Kier molecular flexibility index (Phi) is 6.05. The van der Waals surface area contributed by atoms with Crippen molar-refractivity contribution in [2.75, 3.05) is 13.1 Å². The zero-order chi connectivity index (χ0) is 27.4. The highest BCUT2D eigenvalue weighted by Crippen LogP contribution is 2.49. The van der Waals surface area contributed by atoms with Gasteiger partial charge in [-0.3, -0.25) is 10.00 Å². The number of nitrogens with zero attached hydrogens (tertiary/aromatic N) is 4. The summed E-state index contributed by atoms with van der Waals surface area (Å²) in [7, 11) is 2.08. The van der Waals surface area contributed by atoms with Crippen LogP contribution in [0, 0.1) is 5.82 Å². The van der Waals surface area contributed by atoms with Crippen LogP contribution in [0.3, 0.4) is 0 Å². The van der Waals surface area contributed by atoms with Gasteiger partial charge in [0.15, 0.2) is 11.5 Å². The SMILES string of the molecule is Cn1c(CN2CCC(c3cccc4c3OC(C)(c3ccc(Cl)cc3F)O4)CC2)nc2cc(-c3cn[nH]c3)ccc21. The molecule has 2 aliphatic rings. The predicted octanol–water partition coefficient (Wildman–Crippen LogP) is 6.78. The van der Waals surface area contributed by atoms with Crippen molar-refractivity contribution in [3.8, 4) is 22.6 Å². The normalized spacial score (nSPS) is 19.5. The Hall–Kier alpha value is -3.88. The van der Waals surface area contributed by atoms with Crippen molar-refractivity contribution in [3.05, 3.63) is 94.8 Å². The van der Waals surface area contributed by atoms with Gasteiger partial charge in [-0.1, -0.05) is 29.8 Å². The lowest BCUT2D eigenvalue weighted by Crippen LogP contribution is -2.34. The van der Waals surface area contributed by atoms with Gasteiger partial charge in [0.25, 0.3) is 5.79 Å². The number of benzene rings is 3. The highest BCUT2D eigenvalue weighted by molar-refractivity contribution is 6.30. The molecule has 0 spiro atoms. The van der Waals surface area contributed by atoms with Crippen LogP contribution in [-0.4, -0.2) is 37.7 Å². The molecule has 1 saturated heterocycles. The summed E-state index contributed by atoms with van der Waals surface area (Å²) in [5.41, 5.74) is 5.70. The zero-order valence-electron chi connectivity index (χ0n) is 22.3. The van der Waals surface area contributed by atoms with Crippen molar-refractivity contribution in [3.63, 3.8) is 0 Å². The Labute approximate surface area is 236 Å². The quantitative estimate of drug-likeness (QED) is 0.258. The molecule has 0 aliphatic carbocycles. The number of imidazole rings is 1. The van der Waals surface area contributed by atoms with Gasteiger partial charge in [-0.25, -0.2) is 9.37 Å². The van der Waals surface area contributed by atoms with Crippen LogP contribution in [0.4, 0.5) is 4.39 Å². The van der Waals surface area contributed by atoms with Crippen LogP contribution in [0.15, 0.2) is 67.0 Å². The molecule has 1 atom stereocenters. The topological polar surface area (TPSA) is 68.2 Å². The van der Waals surface area contributed by atoms with Crippen LogP contribution in [0.25, 0.3) is 22.2 Å². The number of nitrogens with one attached hydrogen (secondary N) is 1. The number of piperidine rings is 1. The molecule has 0 radical (unpaired) electrons. The molecular formula is C31H29ClFN5O2. The fourth-order valence-electron chi connectivity index (χ4n) is 6.02. The van der Waals surface area contributed by atoms with Crippen LogP contribution < -0.4 is 9.47 Å². The van der Waals surface area contributed by atoms with Gasteiger partial charge in [-0.2, -0.15) is 5.10 Å². The number of hydrogen-bond donors (Lipinski definition) is 1. The number of halogens is 2. The minimum Gasteiger partial charge on any atom is -0.444 e. The van der Waals surface area contributed by atoms with Gasteiger partial charge >= 0.3 is 0 Å². The van der Waals surface area contributed by atoms with E-state index < -0.39 is 11.6 Å². The molecule has 1 fully saturated rings. The monoisotopic (exact) mass is 557 g/mol. The predicted molar refractivity (Wildman–Crippen MR) is 152 cm³/mol. The third kappa shape index (κ3) is 4.32. The number of aromatic amines is 1. The van der Waals surface area contributed by atoms with Crippen molar-refractivity contribution in [2.45, 2.75) is 38.0 Å². The molecule has 40 heavy (non-hydrogen) atoms. The van der Waals surface area contributed by atoms with Crippen LogP contribution in [-0.2, 0) is 19.4 Å². The molecule has 0 amide bonds. The van der Waals surface area contributed by atoms with Crippen molar-refractivity contribution < 1.29 is 13.9 Å². The van der Waals surface area contributed by atoms with Gasteiger partial charge < -0.3 is 14.0 Å². The fourth-order valence-corrected chi connectivity index (χ4v) is 6.18. The first-order valence-electron chi connectivity index (χ1n) is 13.5. The summed E-state index contributed by atoms with van der Waals surface area (Å²) in [6, 6.07) is 16.9. The molecule has 4 heterocycles. The second kappa shape index (κ2) is 9.64.